The van der Waals surface area contributed by atoms with Crippen molar-refractivity contribution in [1.82, 2.24) is 5.32 Å². The van der Waals surface area contributed by atoms with E-state index >= 15 is 0 Å². The molecule has 0 atom stereocenters. The van der Waals surface area contributed by atoms with E-state index in [0.29, 0.717) is 0 Å². The highest BCUT2D eigenvalue weighted by Crippen LogP contribution is 2.31. The maximum absolute atomic E-state index is 6.33. The predicted octanol–water partition coefficient (Wildman–Crippen LogP) is 1.74. The van der Waals surface area contributed by atoms with Crippen molar-refractivity contribution in [1.29, 1.82) is 0 Å². The number of halogens is 2. The van der Waals surface area contributed by atoms with Gasteiger partial charge in [0, 0.05) is 6.54 Å². The number of nitrogens with zero attached hydrogens (tertiary/aromatic N) is 1. The van der Waals surface area contributed by atoms with Crippen LogP contribution >= 0.6 is 24.8 Å². The fourth-order valence-electron chi connectivity index (χ4n) is 2.25. The van der Waals surface area contributed by atoms with Crippen LogP contribution in [0.5, 0.6) is 0 Å². The number of nitrogens with one attached hydrogen (secondary N) is 1. The zero-order valence-corrected chi connectivity index (χ0v) is 10.8. The van der Waals surface area contributed by atoms with E-state index in [2.05, 4.69) is 17.2 Å². The van der Waals surface area contributed by atoms with Gasteiger partial charge in [0.15, 0.2) is 0 Å². The van der Waals surface area contributed by atoms with Crippen LogP contribution in [0.2, 0.25) is 0 Å². The van der Waals surface area contributed by atoms with Crippen molar-refractivity contribution < 1.29 is 0 Å². The van der Waals surface area contributed by atoms with Crippen molar-refractivity contribution in [2.24, 2.45) is 16.6 Å². The molecule has 90 valence electrons. The highest BCUT2D eigenvalue weighted by atomic mass is 35.5. The summed E-state index contributed by atoms with van der Waals surface area (Å²) < 4.78 is 0. The van der Waals surface area contributed by atoms with Gasteiger partial charge in [0.1, 0.15) is 5.84 Å². The molecule has 1 aliphatic carbocycles. The van der Waals surface area contributed by atoms with Gasteiger partial charge in [-0.3, -0.25) is 4.99 Å². The monoisotopic (exact) mass is 253 g/mol. The third-order valence-electron chi connectivity index (χ3n) is 3.31. The molecule has 1 aliphatic heterocycles. The van der Waals surface area contributed by atoms with Gasteiger partial charge in [-0.2, -0.15) is 0 Å². The second-order valence-electron chi connectivity index (χ2n) is 4.50. The van der Waals surface area contributed by atoms with Crippen molar-refractivity contribution >= 4 is 30.6 Å². The number of hydrogen-bond donors (Lipinski definition) is 2. The lowest BCUT2D eigenvalue weighted by atomic mass is 9.77. The lowest BCUT2D eigenvalue weighted by Gasteiger charge is -2.36. The summed E-state index contributed by atoms with van der Waals surface area (Å²) in [4.78, 5) is 4.44. The van der Waals surface area contributed by atoms with Crippen molar-refractivity contribution in [3.8, 4) is 0 Å². The van der Waals surface area contributed by atoms with Gasteiger partial charge in [-0.15, -0.1) is 24.8 Å². The average Bonchev–Trinajstić information content (AvgIpc) is 2.63. The van der Waals surface area contributed by atoms with Crippen molar-refractivity contribution in [3.63, 3.8) is 0 Å². The topological polar surface area (TPSA) is 50.4 Å². The van der Waals surface area contributed by atoms with Gasteiger partial charge in [-0.05, 0) is 31.6 Å². The Hall–Kier alpha value is 0.01000. The van der Waals surface area contributed by atoms with Crippen LogP contribution < -0.4 is 11.1 Å². The lowest BCUT2D eigenvalue weighted by molar-refractivity contribution is 0.303. The third-order valence-corrected chi connectivity index (χ3v) is 3.31. The Morgan fingerprint density at radius 3 is 2.40 bits per heavy atom. The Morgan fingerprint density at radius 1 is 1.33 bits per heavy atom. The summed E-state index contributed by atoms with van der Waals surface area (Å²) in [5.74, 6) is 1.91. The van der Waals surface area contributed by atoms with Crippen molar-refractivity contribution in [2.75, 3.05) is 13.1 Å². The lowest BCUT2D eigenvalue weighted by Crippen LogP contribution is -2.54. The van der Waals surface area contributed by atoms with E-state index in [1.54, 1.807) is 0 Å². The Balaban J connectivity index is 0.000000980. The van der Waals surface area contributed by atoms with Crippen LogP contribution in [0.15, 0.2) is 4.99 Å². The number of rotatable bonds is 1. The van der Waals surface area contributed by atoms with Crippen LogP contribution in [0.1, 0.15) is 32.6 Å². The molecular formula is C10H21Cl2N3. The van der Waals surface area contributed by atoms with Gasteiger partial charge >= 0.3 is 0 Å². The number of nitrogens with two attached hydrogens (primary N) is 1. The van der Waals surface area contributed by atoms with E-state index in [0.717, 1.165) is 37.7 Å². The summed E-state index contributed by atoms with van der Waals surface area (Å²) in [5.41, 5.74) is 6.21. The van der Waals surface area contributed by atoms with Gasteiger partial charge in [0.05, 0.1) is 12.1 Å². The molecular weight excluding hydrogens is 233 g/mol. The molecule has 2 aliphatic rings. The summed E-state index contributed by atoms with van der Waals surface area (Å²) in [7, 11) is 0. The Labute approximate surface area is 104 Å². The number of amidine groups is 1. The van der Waals surface area contributed by atoms with Crippen molar-refractivity contribution in [3.05, 3.63) is 0 Å². The first-order chi connectivity index (χ1) is 6.21. The molecule has 1 fully saturated rings. The third kappa shape index (κ3) is 3.23. The maximum atomic E-state index is 6.33. The zero-order valence-electron chi connectivity index (χ0n) is 9.16. The molecule has 0 spiro atoms. The van der Waals surface area contributed by atoms with Crippen molar-refractivity contribution in [2.45, 2.75) is 38.1 Å². The second kappa shape index (κ2) is 5.92. The van der Waals surface area contributed by atoms with Gasteiger partial charge in [-0.1, -0.05) is 6.92 Å². The fourth-order valence-corrected chi connectivity index (χ4v) is 2.25. The largest absolute Gasteiger partial charge is 0.370 e. The molecule has 0 bridgehead atoms. The molecule has 0 aromatic rings. The Kier molecular flexibility index (Phi) is 5.93. The first-order valence-corrected chi connectivity index (χ1v) is 5.28. The van der Waals surface area contributed by atoms with Gasteiger partial charge in [0.2, 0.25) is 0 Å². The first-order valence-electron chi connectivity index (χ1n) is 5.28. The summed E-state index contributed by atoms with van der Waals surface area (Å²) in [6.45, 7) is 4.19. The van der Waals surface area contributed by atoms with E-state index < -0.39 is 0 Å². The molecule has 0 saturated heterocycles. The zero-order chi connectivity index (χ0) is 9.31. The molecule has 1 saturated carbocycles. The van der Waals surface area contributed by atoms with Crippen LogP contribution in [0, 0.1) is 5.92 Å². The molecule has 3 N–H and O–H groups in total. The summed E-state index contributed by atoms with van der Waals surface area (Å²) in [6, 6.07) is 0. The van der Waals surface area contributed by atoms with E-state index in [1.807, 2.05) is 0 Å². The van der Waals surface area contributed by atoms with E-state index in [1.165, 1.54) is 12.8 Å². The smallest absolute Gasteiger partial charge is 0.117 e. The minimum absolute atomic E-state index is 0. The summed E-state index contributed by atoms with van der Waals surface area (Å²) in [5, 5.41) is 3.31. The van der Waals surface area contributed by atoms with Gasteiger partial charge in [-0.25, -0.2) is 0 Å². The average molecular weight is 254 g/mol. The van der Waals surface area contributed by atoms with E-state index in [9.17, 15) is 0 Å². The first kappa shape index (κ1) is 15.0. The van der Waals surface area contributed by atoms with Gasteiger partial charge < -0.3 is 11.1 Å². The molecule has 0 unspecified atom stereocenters. The van der Waals surface area contributed by atoms with E-state index in [4.69, 9.17) is 5.73 Å². The second-order valence-corrected chi connectivity index (χ2v) is 4.50. The normalized spacial score (nSPS) is 34.5. The molecule has 0 aromatic carbocycles. The molecule has 0 amide bonds. The highest BCUT2D eigenvalue weighted by Gasteiger charge is 2.35. The summed E-state index contributed by atoms with van der Waals surface area (Å²) in [6.07, 6.45) is 4.69. The highest BCUT2D eigenvalue weighted by molar-refractivity contribution is 5.92. The van der Waals surface area contributed by atoms with Gasteiger partial charge in [0.25, 0.3) is 0 Å². The number of aliphatic imine (C=N–C) groups is 1. The SMILES string of the molecule is CC1CCC(N)(C2=NCCN2)CC1.Cl.Cl. The van der Waals surface area contributed by atoms with Crippen LogP contribution in [0.25, 0.3) is 0 Å². The van der Waals surface area contributed by atoms with Crippen LogP contribution in [0.4, 0.5) is 0 Å². The van der Waals surface area contributed by atoms with Crippen LogP contribution in [-0.2, 0) is 0 Å². The molecule has 15 heavy (non-hydrogen) atoms. The Bertz CT molecular complexity index is 223. The fraction of sp³-hybridized carbons (Fsp3) is 0.900. The Morgan fingerprint density at radius 2 is 1.93 bits per heavy atom. The van der Waals surface area contributed by atoms with E-state index in [-0.39, 0.29) is 30.4 Å². The standard InChI is InChI=1S/C10H19N3.2ClH/c1-8-2-4-10(11,5-3-8)9-12-6-7-13-9;;/h8H,2-7,11H2,1H3,(H,12,13);2*1H. The van der Waals surface area contributed by atoms with Crippen LogP contribution in [0.3, 0.4) is 0 Å². The minimum Gasteiger partial charge on any atom is -0.370 e. The summed E-state index contributed by atoms with van der Waals surface area (Å²) >= 11 is 0. The maximum Gasteiger partial charge on any atom is 0.117 e. The molecule has 3 nitrogen and oxygen atoms in total. The molecule has 0 radical (unpaired) electrons. The minimum atomic E-state index is -0.122. The molecule has 0 aromatic heterocycles. The molecule has 1 heterocycles. The van der Waals surface area contributed by atoms with Crippen LogP contribution in [-0.4, -0.2) is 24.5 Å². The number of hydrogen-bond acceptors (Lipinski definition) is 3. The predicted molar refractivity (Wildman–Crippen MR) is 69.4 cm³/mol. The quantitative estimate of drug-likeness (QED) is 0.748. The molecule has 5 heteroatoms. The molecule has 2 rings (SSSR count).